The summed E-state index contributed by atoms with van der Waals surface area (Å²) in [6, 6.07) is 0. The van der Waals surface area contributed by atoms with E-state index in [1.807, 2.05) is 0 Å². The maximum Gasteiger partial charge on any atom is 0.472 e. The van der Waals surface area contributed by atoms with E-state index in [1.54, 1.807) is 0 Å². The highest BCUT2D eigenvalue weighted by Crippen LogP contribution is 2.47. The van der Waals surface area contributed by atoms with Crippen molar-refractivity contribution in [3.8, 4) is 0 Å². The number of allylic oxidation sites excluding steroid dienone is 6. The number of ether oxygens (including phenoxy) is 2. The topological polar surface area (TPSA) is 210 Å². The Morgan fingerprint density at radius 2 is 0.915 bits per heavy atom. The first-order valence-electron chi connectivity index (χ1n) is 22.8. The van der Waals surface area contributed by atoms with Crippen LogP contribution in [0.1, 0.15) is 181 Å². The normalized spacial score (nSPS) is 22.6. The van der Waals surface area contributed by atoms with Gasteiger partial charge in [-0.3, -0.25) is 18.6 Å². The summed E-state index contributed by atoms with van der Waals surface area (Å²) in [5, 5.41) is 50.1. The standard InChI is InChI=1S/C45H81O13P/c1-3-5-7-9-11-13-15-17-19-21-23-25-27-29-31-33-38(46)55-35-37(36-56-59(53,54)58-45-43(51)41(49)40(48)42(50)44(45)52)57-39(47)34-32-30-28-26-24-22-20-18-16-14-12-10-8-6-4-2/h13-17,19,37,40-45,48-52H,3-12,18,20-36H2,1-2H3,(H,53,54)/b15-13+,16-14+,19-17+/t37-,40?,41-,42?,43?,44?,45?/m1/s1. The number of phosphoric ester groups is 1. The third-order valence-electron chi connectivity index (χ3n) is 10.5. The third kappa shape index (κ3) is 28.3. The van der Waals surface area contributed by atoms with Crippen LogP contribution in [0.3, 0.4) is 0 Å². The zero-order valence-corrected chi connectivity index (χ0v) is 37.2. The predicted octanol–water partition coefficient (Wildman–Crippen LogP) is 8.61. The first-order valence-corrected chi connectivity index (χ1v) is 24.3. The van der Waals surface area contributed by atoms with Gasteiger partial charge >= 0.3 is 19.8 Å². The van der Waals surface area contributed by atoms with Crippen molar-refractivity contribution in [2.45, 2.75) is 224 Å². The molecule has 0 aromatic carbocycles. The highest BCUT2D eigenvalue weighted by molar-refractivity contribution is 7.47. The zero-order chi connectivity index (χ0) is 43.6. The molecule has 13 nitrogen and oxygen atoms in total. The van der Waals surface area contributed by atoms with Crippen molar-refractivity contribution >= 4 is 19.8 Å². The largest absolute Gasteiger partial charge is 0.472 e. The Kier molecular flexibility index (Phi) is 33.3. The molecule has 0 spiro atoms. The van der Waals surface area contributed by atoms with Crippen molar-refractivity contribution in [3.63, 3.8) is 0 Å². The minimum absolute atomic E-state index is 0.0883. The van der Waals surface area contributed by atoms with Crippen LogP contribution in [0.5, 0.6) is 0 Å². The fourth-order valence-electron chi connectivity index (χ4n) is 6.74. The molecular formula is C45H81O13P. The van der Waals surface area contributed by atoms with Crippen molar-refractivity contribution in [1.29, 1.82) is 0 Å². The summed E-state index contributed by atoms with van der Waals surface area (Å²) in [4.78, 5) is 35.7. The number of aliphatic hydroxyl groups excluding tert-OH is 5. The summed E-state index contributed by atoms with van der Waals surface area (Å²) >= 11 is 0. The summed E-state index contributed by atoms with van der Waals surface area (Å²) in [5.41, 5.74) is 0. The van der Waals surface area contributed by atoms with Crippen molar-refractivity contribution in [2.75, 3.05) is 13.2 Å². The lowest BCUT2D eigenvalue weighted by molar-refractivity contribution is -0.220. The van der Waals surface area contributed by atoms with E-state index in [1.165, 1.54) is 57.8 Å². The second-order valence-electron chi connectivity index (χ2n) is 15.9. The summed E-state index contributed by atoms with van der Waals surface area (Å²) < 4.78 is 33.5. The van der Waals surface area contributed by atoms with Gasteiger partial charge in [-0.2, -0.15) is 0 Å². The number of esters is 2. The minimum Gasteiger partial charge on any atom is -0.462 e. The molecule has 0 radical (unpaired) electrons. The maximum absolute atomic E-state index is 12.8. The first-order chi connectivity index (χ1) is 28.4. The molecule has 1 saturated carbocycles. The Morgan fingerprint density at radius 3 is 1.39 bits per heavy atom. The number of hydrogen-bond donors (Lipinski definition) is 6. The van der Waals surface area contributed by atoms with Gasteiger partial charge in [0.2, 0.25) is 0 Å². The second kappa shape index (κ2) is 35.6. The predicted molar refractivity (Wildman–Crippen MR) is 230 cm³/mol. The van der Waals surface area contributed by atoms with Crippen LogP contribution in [0.4, 0.5) is 0 Å². The van der Waals surface area contributed by atoms with Crippen molar-refractivity contribution < 1.29 is 63.1 Å². The molecule has 0 amide bonds. The van der Waals surface area contributed by atoms with Gasteiger partial charge in [0.25, 0.3) is 0 Å². The Hall–Kier alpha value is -1.93. The molecule has 0 aliphatic heterocycles. The van der Waals surface area contributed by atoms with E-state index in [-0.39, 0.29) is 12.8 Å². The number of carbonyl (C=O) groups is 2. The Bertz CT molecular complexity index is 1180. The minimum atomic E-state index is -5.12. The van der Waals surface area contributed by atoms with Crippen LogP contribution in [0.25, 0.3) is 0 Å². The summed E-state index contributed by atoms with van der Waals surface area (Å²) in [6.07, 6.45) is 26.2. The van der Waals surface area contributed by atoms with Gasteiger partial charge in [-0.1, -0.05) is 140 Å². The lowest BCUT2D eigenvalue weighted by Gasteiger charge is -2.41. The van der Waals surface area contributed by atoms with Gasteiger partial charge in [0, 0.05) is 12.8 Å². The lowest BCUT2D eigenvalue weighted by atomic mass is 9.85. The van der Waals surface area contributed by atoms with Gasteiger partial charge in [-0.15, -0.1) is 0 Å². The molecule has 0 aromatic heterocycles. The molecule has 0 saturated heterocycles. The maximum atomic E-state index is 12.8. The number of carbonyl (C=O) groups excluding carboxylic acids is 2. The quantitative estimate of drug-likeness (QED) is 0.0114. The van der Waals surface area contributed by atoms with Crippen LogP contribution in [-0.2, 0) is 32.7 Å². The number of rotatable bonds is 37. The summed E-state index contributed by atoms with van der Waals surface area (Å²) in [7, 11) is -5.12. The van der Waals surface area contributed by atoms with E-state index < -0.39 is 75.7 Å². The first kappa shape index (κ1) is 55.1. The van der Waals surface area contributed by atoms with Gasteiger partial charge in [-0.25, -0.2) is 4.57 Å². The molecule has 1 rings (SSSR count). The van der Waals surface area contributed by atoms with Gasteiger partial charge in [-0.05, 0) is 64.2 Å². The SMILES string of the molecule is CCCCCC/C=C/C=C/CCCCCCCC(=O)OC[C@H](COP(=O)(O)OC1C(O)C(O)C(O)[C@@H](O)C1O)OC(=O)CCCCCCCCC/C=C/CCCCCC. The van der Waals surface area contributed by atoms with Gasteiger partial charge in [0.1, 0.15) is 43.2 Å². The van der Waals surface area contributed by atoms with Crippen LogP contribution in [0.15, 0.2) is 36.5 Å². The molecule has 59 heavy (non-hydrogen) atoms. The monoisotopic (exact) mass is 861 g/mol. The molecule has 1 aliphatic carbocycles. The molecule has 6 N–H and O–H groups in total. The molecule has 6 unspecified atom stereocenters. The summed E-state index contributed by atoms with van der Waals surface area (Å²) in [6.45, 7) is 3.24. The average Bonchev–Trinajstić information content (AvgIpc) is 3.21. The highest BCUT2D eigenvalue weighted by atomic mass is 31.2. The molecule has 14 heteroatoms. The smallest absolute Gasteiger partial charge is 0.462 e. The van der Waals surface area contributed by atoms with E-state index in [9.17, 15) is 44.6 Å². The number of aliphatic hydroxyl groups is 5. The molecular weight excluding hydrogens is 779 g/mol. The van der Waals surface area contributed by atoms with Crippen molar-refractivity contribution in [2.24, 2.45) is 0 Å². The molecule has 1 fully saturated rings. The van der Waals surface area contributed by atoms with Crippen LogP contribution < -0.4 is 0 Å². The van der Waals surface area contributed by atoms with Crippen LogP contribution in [0, 0.1) is 0 Å². The van der Waals surface area contributed by atoms with Crippen molar-refractivity contribution in [1.82, 2.24) is 0 Å². The molecule has 1 aliphatic rings. The molecule has 8 atom stereocenters. The van der Waals surface area contributed by atoms with Gasteiger partial charge in [0.05, 0.1) is 6.61 Å². The van der Waals surface area contributed by atoms with E-state index in [0.29, 0.717) is 12.8 Å². The van der Waals surface area contributed by atoms with E-state index >= 15 is 0 Å². The fourth-order valence-corrected chi connectivity index (χ4v) is 7.72. The molecule has 0 aromatic rings. The fraction of sp³-hybridized carbons (Fsp3) is 0.822. The van der Waals surface area contributed by atoms with Gasteiger partial charge < -0.3 is 39.9 Å². The molecule has 0 bridgehead atoms. The van der Waals surface area contributed by atoms with Gasteiger partial charge in [0.15, 0.2) is 6.10 Å². The Balaban J connectivity index is 2.48. The van der Waals surface area contributed by atoms with Crippen molar-refractivity contribution in [3.05, 3.63) is 36.5 Å². The van der Waals surface area contributed by atoms with E-state index in [2.05, 4.69) is 50.3 Å². The highest BCUT2D eigenvalue weighted by Gasteiger charge is 2.51. The molecule has 344 valence electrons. The number of unbranched alkanes of at least 4 members (excludes halogenated alkanes) is 20. The number of hydrogen-bond acceptors (Lipinski definition) is 12. The van der Waals surface area contributed by atoms with E-state index in [0.717, 1.165) is 83.5 Å². The Labute approximate surface area is 355 Å². The third-order valence-corrected chi connectivity index (χ3v) is 11.5. The van der Waals surface area contributed by atoms with E-state index in [4.69, 9.17) is 18.5 Å². The van der Waals surface area contributed by atoms with Crippen LogP contribution in [-0.4, -0.2) is 98.3 Å². The summed E-state index contributed by atoms with van der Waals surface area (Å²) in [5.74, 6) is -1.12. The Morgan fingerprint density at radius 1 is 0.525 bits per heavy atom. The second-order valence-corrected chi connectivity index (χ2v) is 17.3. The van der Waals surface area contributed by atoms with Crippen LogP contribution in [0.2, 0.25) is 0 Å². The lowest BCUT2D eigenvalue weighted by Crippen LogP contribution is -2.64. The average molecular weight is 861 g/mol. The zero-order valence-electron chi connectivity index (χ0n) is 36.3. The number of phosphoric acid groups is 1. The molecule has 0 heterocycles. The van der Waals surface area contributed by atoms with Crippen LogP contribution >= 0.6 is 7.82 Å².